The van der Waals surface area contributed by atoms with E-state index in [1.54, 1.807) is 6.07 Å². The molecule has 88 valence electrons. The standard InChI is InChI=1S/C10H12BrNO4/c11-5-3-7-10(16-2-1-15-7)8(9(5)14)6(13)4-12/h3,6,13-14H,1-2,4,12H2. The molecule has 0 fully saturated rings. The minimum absolute atomic E-state index is 0.000185. The number of phenolic OH excluding ortho intramolecular Hbond substituents is 1. The summed E-state index contributed by atoms with van der Waals surface area (Å²) in [7, 11) is 0. The maximum Gasteiger partial charge on any atom is 0.171 e. The number of aromatic hydroxyl groups is 1. The molecule has 0 spiro atoms. The van der Waals surface area contributed by atoms with E-state index in [9.17, 15) is 10.2 Å². The van der Waals surface area contributed by atoms with Gasteiger partial charge < -0.3 is 25.4 Å². The average Bonchev–Trinajstić information content (AvgIpc) is 2.30. The van der Waals surface area contributed by atoms with Crippen molar-refractivity contribution in [2.45, 2.75) is 6.10 Å². The van der Waals surface area contributed by atoms with Crippen molar-refractivity contribution in [3.05, 3.63) is 16.1 Å². The number of phenols is 1. The minimum atomic E-state index is -0.979. The number of aliphatic hydroxyl groups is 1. The molecule has 0 saturated heterocycles. The average molecular weight is 290 g/mol. The van der Waals surface area contributed by atoms with Crippen LogP contribution in [0, 0.1) is 0 Å². The summed E-state index contributed by atoms with van der Waals surface area (Å²) in [6.45, 7) is 0.834. The minimum Gasteiger partial charge on any atom is -0.506 e. The number of halogens is 1. The summed E-state index contributed by atoms with van der Waals surface area (Å²) >= 11 is 3.19. The Kier molecular flexibility index (Phi) is 3.22. The van der Waals surface area contributed by atoms with Gasteiger partial charge in [-0.05, 0) is 15.9 Å². The highest BCUT2D eigenvalue weighted by Gasteiger charge is 2.26. The number of rotatable bonds is 2. The molecule has 0 amide bonds. The molecule has 0 bridgehead atoms. The van der Waals surface area contributed by atoms with Crippen molar-refractivity contribution in [1.82, 2.24) is 0 Å². The predicted octanol–water partition coefficient (Wildman–Crippen LogP) is 0.918. The van der Waals surface area contributed by atoms with Crippen LogP contribution in [0.25, 0.3) is 0 Å². The number of hydrogen-bond donors (Lipinski definition) is 3. The Morgan fingerprint density at radius 1 is 1.44 bits per heavy atom. The van der Waals surface area contributed by atoms with Crippen LogP contribution in [0.2, 0.25) is 0 Å². The zero-order valence-electron chi connectivity index (χ0n) is 8.44. The van der Waals surface area contributed by atoms with Crippen LogP contribution in [0.4, 0.5) is 0 Å². The van der Waals surface area contributed by atoms with Crippen LogP contribution < -0.4 is 15.2 Å². The third kappa shape index (κ3) is 1.83. The first-order valence-electron chi connectivity index (χ1n) is 4.84. The lowest BCUT2D eigenvalue weighted by molar-refractivity contribution is 0.146. The first-order valence-corrected chi connectivity index (χ1v) is 5.63. The largest absolute Gasteiger partial charge is 0.506 e. The summed E-state index contributed by atoms with van der Waals surface area (Å²) in [6, 6.07) is 1.61. The SMILES string of the molecule is NCC(O)c1c(O)c(Br)cc2c1OCCO2. The van der Waals surface area contributed by atoms with Crippen molar-refractivity contribution in [2.24, 2.45) is 5.73 Å². The van der Waals surface area contributed by atoms with Crippen LogP contribution in [0.15, 0.2) is 10.5 Å². The quantitative estimate of drug-likeness (QED) is 0.754. The predicted molar refractivity (Wildman–Crippen MR) is 60.8 cm³/mol. The third-order valence-corrected chi connectivity index (χ3v) is 2.96. The van der Waals surface area contributed by atoms with Crippen molar-refractivity contribution in [3.63, 3.8) is 0 Å². The summed E-state index contributed by atoms with van der Waals surface area (Å²) in [5, 5.41) is 19.6. The van der Waals surface area contributed by atoms with E-state index in [4.69, 9.17) is 15.2 Å². The zero-order valence-corrected chi connectivity index (χ0v) is 10.0. The second-order valence-corrected chi connectivity index (χ2v) is 4.25. The van der Waals surface area contributed by atoms with E-state index < -0.39 is 6.10 Å². The lowest BCUT2D eigenvalue weighted by Gasteiger charge is -2.24. The number of ether oxygens (including phenoxy) is 2. The highest BCUT2D eigenvalue weighted by atomic mass is 79.9. The van der Waals surface area contributed by atoms with Gasteiger partial charge in [0.1, 0.15) is 19.0 Å². The molecular formula is C10H12BrNO4. The van der Waals surface area contributed by atoms with Gasteiger partial charge in [-0.2, -0.15) is 0 Å². The summed E-state index contributed by atoms with van der Waals surface area (Å²) in [5.74, 6) is 0.797. The van der Waals surface area contributed by atoms with Gasteiger partial charge in [0.05, 0.1) is 16.1 Å². The van der Waals surface area contributed by atoms with Gasteiger partial charge in [0, 0.05) is 12.6 Å². The van der Waals surface area contributed by atoms with Crippen LogP contribution in [0.5, 0.6) is 17.2 Å². The summed E-state index contributed by atoms with van der Waals surface area (Å²) < 4.78 is 11.2. The van der Waals surface area contributed by atoms with Gasteiger partial charge in [0.2, 0.25) is 0 Å². The first-order chi connectivity index (χ1) is 7.65. The Morgan fingerprint density at radius 2 is 2.12 bits per heavy atom. The fraction of sp³-hybridized carbons (Fsp3) is 0.400. The van der Waals surface area contributed by atoms with Gasteiger partial charge in [0.25, 0.3) is 0 Å². The smallest absolute Gasteiger partial charge is 0.171 e. The Balaban J connectivity index is 2.59. The van der Waals surface area contributed by atoms with Crippen molar-refractivity contribution in [3.8, 4) is 17.2 Å². The van der Waals surface area contributed by atoms with Gasteiger partial charge in [-0.15, -0.1) is 0 Å². The number of aliphatic hydroxyl groups excluding tert-OH is 1. The van der Waals surface area contributed by atoms with E-state index in [0.29, 0.717) is 29.2 Å². The highest BCUT2D eigenvalue weighted by Crippen LogP contribution is 2.46. The maximum atomic E-state index is 9.86. The molecular weight excluding hydrogens is 278 g/mol. The number of fused-ring (bicyclic) bond motifs is 1. The summed E-state index contributed by atoms with van der Waals surface area (Å²) in [4.78, 5) is 0. The van der Waals surface area contributed by atoms with Gasteiger partial charge in [-0.3, -0.25) is 0 Å². The van der Waals surface area contributed by atoms with Gasteiger partial charge in [0.15, 0.2) is 11.5 Å². The van der Waals surface area contributed by atoms with Gasteiger partial charge >= 0.3 is 0 Å². The number of nitrogens with two attached hydrogens (primary N) is 1. The molecule has 16 heavy (non-hydrogen) atoms. The fourth-order valence-corrected chi connectivity index (χ4v) is 2.02. The van der Waals surface area contributed by atoms with Gasteiger partial charge in [-0.25, -0.2) is 0 Å². The lowest BCUT2D eigenvalue weighted by atomic mass is 10.1. The molecule has 1 heterocycles. The van der Waals surface area contributed by atoms with E-state index in [-0.39, 0.29) is 17.9 Å². The molecule has 6 heteroatoms. The lowest BCUT2D eigenvalue weighted by Crippen LogP contribution is -2.19. The molecule has 0 radical (unpaired) electrons. The van der Waals surface area contributed by atoms with Crippen LogP contribution in [0.3, 0.4) is 0 Å². The summed E-state index contributed by atoms with van der Waals surface area (Å²) in [6.07, 6.45) is -0.979. The van der Waals surface area contributed by atoms with E-state index in [2.05, 4.69) is 15.9 Å². The molecule has 1 aliphatic heterocycles. The molecule has 2 rings (SSSR count). The Labute approximate surface area is 101 Å². The van der Waals surface area contributed by atoms with Crippen LogP contribution in [-0.4, -0.2) is 30.0 Å². The van der Waals surface area contributed by atoms with Crippen molar-refractivity contribution in [1.29, 1.82) is 0 Å². The molecule has 1 aromatic rings. The molecule has 1 unspecified atom stereocenters. The summed E-state index contributed by atoms with van der Waals surface area (Å²) in [5.41, 5.74) is 5.65. The Bertz CT molecular complexity index is 410. The Morgan fingerprint density at radius 3 is 2.81 bits per heavy atom. The monoisotopic (exact) mass is 289 g/mol. The van der Waals surface area contributed by atoms with Gasteiger partial charge in [-0.1, -0.05) is 0 Å². The van der Waals surface area contributed by atoms with E-state index in [1.165, 1.54) is 0 Å². The zero-order chi connectivity index (χ0) is 11.7. The molecule has 0 aliphatic carbocycles. The second kappa shape index (κ2) is 4.48. The normalized spacial score (nSPS) is 15.9. The molecule has 1 aliphatic rings. The molecule has 0 aromatic heterocycles. The molecule has 5 nitrogen and oxygen atoms in total. The first kappa shape index (κ1) is 11.5. The topological polar surface area (TPSA) is 84.9 Å². The van der Waals surface area contributed by atoms with Crippen molar-refractivity contribution in [2.75, 3.05) is 19.8 Å². The van der Waals surface area contributed by atoms with Crippen molar-refractivity contribution >= 4 is 15.9 Å². The number of benzene rings is 1. The van der Waals surface area contributed by atoms with Crippen molar-refractivity contribution < 1.29 is 19.7 Å². The van der Waals surface area contributed by atoms with Crippen LogP contribution in [0.1, 0.15) is 11.7 Å². The highest BCUT2D eigenvalue weighted by molar-refractivity contribution is 9.10. The molecule has 4 N–H and O–H groups in total. The van der Waals surface area contributed by atoms with E-state index in [0.717, 1.165) is 0 Å². The second-order valence-electron chi connectivity index (χ2n) is 3.40. The van der Waals surface area contributed by atoms with Crippen LogP contribution in [-0.2, 0) is 0 Å². The maximum absolute atomic E-state index is 9.86. The number of hydrogen-bond acceptors (Lipinski definition) is 5. The molecule has 0 saturated carbocycles. The fourth-order valence-electron chi connectivity index (χ4n) is 1.60. The molecule has 1 aromatic carbocycles. The van der Waals surface area contributed by atoms with Crippen LogP contribution >= 0.6 is 15.9 Å². The third-order valence-electron chi connectivity index (χ3n) is 2.35. The molecule has 1 atom stereocenters. The Hall–Kier alpha value is -0.980. The van der Waals surface area contributed by atoms with E-state index in [1.807, 2.05) is 0 Å². The van der Waals surface area contributed by atoms with E-state index >= 15 is 0 Å².